The first-order chi connectivity index (χ1) is 5.81. The lowest BCUT2D eigenvalue weighted by Gasteiger charge is -2.44. The van der Waals surface area contributed by atoms with E-state index in [2.05, 4.69) is 0 Å². The number of hydrogen-bond donors (Lipinski definition) is 1. The Hall–Kier alpha value is -0.780. The topological polar surface area (TPSA) is 74.7 Å². The van der Waals surface area contributed by atoms with Gasteiger partial charge >= 0.3 is 6.09 Å². The lowest BCUT2D eigenvalue weighted by Crippen LogP contribution is -2.58. The van der Waals surface area contributed by atoms with Crippen LogP contribution in [0.4, 0.5) is 4.79 Å². The summed E-state index contributed by atoms with van der Waals surface area (Å²) in [6, 6.07) is -0.174. The number of carboxylic acid groups (broad SMARTS) is 1. The number of sulfone groups is 1. The fourth-order valence-corrected chi connectivity index (χ4v) is 2.68. The average Bonchev–Trinajstić information content (AvgIpc) is 1.94. The molecule has 76 valence electrons. The second-order valence-corrected chi connectivity index (χ2v) is 5.71. The monoisotopic (exact) mass is 207 g/mol. The first-order valence-corrected chi connectivity index (χ1v) is 6.04. The molecule has 1 saturated heterocycles. The molecule has 2 atom stereocenters. The number of hydrogen-bond acceptors (Lipinski definition) is 3. The van der Waals surface area contributed by atoms with E-state index >= 15 is 0 Å². The molecule has 1 aliphatic heterocycles. The van der Waals surface area contributed by atoms with Crippen LogP contribution in [0.25, 0.3) is 0 Å². The Morgan fingerprint density at radius 3 is 2.46 bits per heavy atom. The van der Waals surface area contributed by atoms with Crippen LogP contribution in [0, 0.1) is 5.92 Å². The summed E-state index contributed by atoms with van der Waals surface area (Å²) in [6.07, 6.45) is 0.195. The number of nitrogens with zero attached hydrogens (tertiary/aromatic N) is 1. The number of rotatable bonds is 2. The molecule has 1 N–H and O–H groups in total. The zero-order valence-electron chi connectivity index (χ0n) is 7.60. The predicted molar refractivity (Wildman–Crippen MR) is 47.4 cm³/mol. The van der Waals surface area contributed by atoms with E-state index in [0.717, 1.165) is 0 Å². The van der Waals surface area contributed by atoms with E-state index in [9.17, 15) is 13.2 Å². The Balaban J connectivity index is 2.49. The highest BCUT2D eigenvalue weighted by atomic mass is 32.2. The number of carbonyl (C=O) groups is 1. The van der Waals surface area contributed by atoms with Crippen molar-refractivity contribution < 1.29 is 18.3 Å². The summed E-state index contributed by atoms with van der Waals surface area (Å²) >= 11 is 0. The third kappa shape index (κ3) is 2.33. The van der Waals surface area contributed by atoms with Gasteiger partial charge in [-0.2, -0.15) is 0 Å². The zero-order valence-corrected chi connectivity index (χ0v) is 8.41. The smallest absolute Gasteiger partial charge is 0.407 e. The summed E-state index contributed by atoms with van der Waals surface area (Å²) in [6.45, 7) is 2.07. The van der Waals surface area contributed by atoms with Crippen molar-refractivity contribution in [2.45, 2.75) is 13.0 Å². The maximum absolute atomic E-state index is 10.9. The van der Waals surface area contributed by atoms with E-state index in [1.165, 1.54) is 11.2 Å². The fourth-order valence-electron chi connectivity index (χ4n) is 1.52. The van der Waals surface area contributed by atoms with Crippen LogP contribution in [0.3, 0.4) is 0 Å². The Labute approximate surface area is 77.3 Å². The average molecular weight is 207 g/mol. The van der Waals surface area contributed by atoms with Crippen LogP contribution in [0.5, 0.6) is 0 Å². The molecule has 1 unspecified atom stereocenters. The molecule has 13 heavy (non-hydrogen) atoms. The normalized spacial score (nSPS) is 28.3. The van der Waals surface area contributed by atoms with Gasteiger partial charge in [0.25, 0.3) is 0 Å². The van der Waals surface area contributed by atoms with Crippen LogP contribution in [0.1, 0.15) is 6.92 Å². The summed E-state index contributed by atoms with van der Waals surface area (Å²) in [5, 5.41) is 8.60. The van der Waals surface area contributed by atoms with Crippen molar-refractivity contribution >= 4 is 15.9 Å². The lowest BCUT2D eigenvalue weighted by atomic mass is 9.92. The minimum absolute atomic E-state index is 0.0360. The van der Waals surface area contributed by atoms with Gasteiger partial charge in [0.15, 0.2) is 0 Å². The quantitative estimate of drug-likeness (QED) is 0.693. The molecule has 0 spiro atoms. The molecule has 1 amide bonds. The Morgan fingerprint density at radius 1 is 1.62 bits per heavy atom. The SMILES string of the molecule is C[C@H]1C(CS(C)(=O)=O)CN1C(=O)O. The van der Waals surface area contributed by atoms with Crippen LogP contribution in [-0.2, 0) is 9.84 Å². The van der Waals surface area contributed by atoms with E-state index < -0.39 is 15.9 Å². The number of amides is 1. The second kappa shape index (κ2) is 3.17. The van der Waals surface area contributed by atoms with E-state index in [4.69, 9.17) is 5.11 Å². The molecular weight excluding hydrogens is 194 g/mol. The van der Waals surface area contributed by atoms with Gasteiger partial charge in [0.2, 0.25) is 0 Å². The highest BCUT2D eigenvalue weighted by Gasteiger charge is 2.40. The molecular formula is C7H13NO4S. The van der Waals surface area contributed by atoms with Crippen LogP contribution in [0.15, 0.2) is 0 Å². The molecule has 0 bridgehead atoms. The molecule has 1 rings (SSSR count). The van der Waals surface area contributed by atoms with Gasteiger partial charge in [-0.25, -0.2) is 13.2 Å². The molecule has 5 nitrogen and oxygen atoms in total. The first-order valence-electron chi connectivity index (χ1n) is 3.98. The lowest BCUT2D eigenvalue weighted by molar-refractivity contribution is 0.0426. The third-order valence-electron chi connectivity index (χ3n) is 2.37. The van der Waals surface area contributed by atoms with Crippen molar-refractivity contribution in [2.24, 2.45) is 5.92 Å². The van der Waals surface area contributed by atoms with Gasteiger partial charge in [0.05, 0.1) is 5.75 Å². The zero-order chi connectivity index (χ0) is 10.2. The number of likely N-dealkylation sites (tertiary alicyclic amines) is 1. The Bertz CT molecular complexity index is 310. The summed E-state index contributed by atoms with van der Waals surface area (Å²) in [5.74, 6) is 0.0453. The minimum Gasteiger partial charge on any atom is -0.465 e. The second-order valence-electron chi connectivity index (χ2n) is 3.53. The molecule has 0 aromatic heterocycles. The van der Waals surface area contributed by atoms with Crippen molar-refractivity contribution in [3.05, 3.63) is 0 Å². The summed E-state index contributed by atoms with van der Waals surface area (Å²) in [5.41, 5.74) is 0. The van der Waals surface area contributed by atoms with Gasteiger partial charge in [-0.3, -0.25) is 0 Å². The fraction of sp³-hybridized carbons (Fsp3) is 0.857. The molecule has 6 heteroatoms. The van der Waals surface area contributed by atoms with Gasteiger partial charge in [-0.05, 0) is 6.92 Å². The van der Waals surface area contributed by atoms with E-state index in [-0.39, 0.29) is 17.7 Å². The van der Waals surface area contributed by atoms with Gasteiger partial charge in [0, 0.05) is 24.8 Å². The summed E-state index contributed by atoms with van der Waals surface area (Å²) in [4.78, 5) is 11.7. The van der Waals surface area contributed by atoms with E-state index in [1.54, 1.807) is 6.92 Å². The molecule has 0 aliphatic carbocycles. The van der Waals surface area contributed by atoms with E-state index in [1.807, 2.05) is 0 Å². The van der Waals surface area contributed by atoms with Crippen LogP contribution < -0.4 is 0 Å². The van der Waals surface area contributed by atoms with Gasteiger partial charge in [0.1, 0.15) is 9.84 Å². The molecule has 0 aromatic rings. The van der Waals surface area contributed by atoms with Crippen molar-refractivity contribution in [3.63, 3.8) is 0 Å². The molecule has 1 aliphatic rings. The van der Waals surface area contributed by atoms with Crippen molar-refractivity contribution in [1.29, 1.82) is 0 Å². The largest absolute Gasteiger partial charge is 0.465 e. The van der Waals surface area contributed by atoms with Crippen LogP contribution in [0.2, 0.25) is 0 Å². The van der Waals surface area contributed by atoms with Crippen LogP contribution >= 0.6 is 0 Å². The summed E-state index contributed by atoms with van der Waals surface area (Å²) < 4.78 is 21.8. The van der Waals surface area contributed by atoms with Gasteiger partial charge in [-0.15, -0.1) is 0 Å². The minimum atomic E-state index is -2.99. The van der Waals surface area contributed by atoms with Crippen LogP contribution in [-0.4, -0.2) is 49.1 Å². The van der Waals surface area contributed by atoms with Crippen molar-refractivity contribution in [3.8, 4) is 0 Å². The Kier molecular flexibility index (Phi) is 2.51. The first kappa shape index (κ1) is 10.3. The highest BCUT2D eigenvalue weighted by molar-refractivity contribution is 7.90. The van der Waals surface area contributed by atoms with E-state index in [0.29, 0.717) is 6.54 Å². The van der Waals surface area contributed by atoms with Crippen molar-refractivity contribution in [2.75, 3.05) is 18.6 Å². The van der Waals surface area contributed by atoms with Crippen molar-refractivity contribution in [1.82, 2.24) is 4.90 Å². The molecule has 1 fully saturated rings. The van der Waals surface area contributed by atoms with Gasteiger partial charge < -0.3 is 10.0 Å². The molecule has 0 radical (unpaired) electrons. The molecule has 0 saturated carbocycles. The summed E-state index contributed by atoms with van der Waals surface area (Å²) in [7, 11) is -2.99. The third-order valence-corrected chi connectivity index (χ3v) is 3.40. The highest BCUT2D eigenvalue weighted by Crippen LogP contribution is 2.25. The molecule has 1 heterocycles. The van der Waals surface area contributed by atoms with Gasteiger partial charge in [-0.1, -0.05) is 0 Å². The predicted octanol–water partition coefficient (Wildman–Crippen LogP) is 0.0293. The maximum Gasteiger partial charge on any atom is 0.407 e. The molecule has 0 aromatic carbocycles. The standard InChI is InChI=1S/C7H13NO4S/c1-5-6(4-13(2,11)12)3-8(5)7(9)10/h5-6H,3-4H2,1-2H3,(H,9,10)/t5-,6?/m0/s1. The Morgan fingerprint density at radius 2 is 2.15 bits per heavy atom. The maximum atomic E-state index is 10.9.